The van der Waals surface area contributed by atoms with E-state index in [9.17, 15) is 28.5 Å². The Morgan fingerprint density at radius 2 is 1.47 bits per heavy atom. The topological polar surface area (TPSA) is 212 Å². The molecule has 1 unspecified atom stereocenters. The Kier molecular flexibility index (Phi) is 9.31. The van der Waals surface area contributed by atoms with Gasteiger partial charge in [0.2, 0.25) is 0 Å². The molecule has 1 N–H and O–H groups in total. The van der Waals surface area contributed by atoms with Gasteiger partial charge in [-0.15, -0.1) is 0 Å². The number of hydrogen-bond donors (Lipinski definition) is 1. The van der Waals surface area contributed by atoms with Crippen molar-refractivity contribution in [3.8, 4) is 0 Å². The lowest BCUT2D eigenvalue weighted by atomic mass is 10.1. The molecule has 1 aliphatic rings. The molecule has 0 saturated carbocycles. The van der Waals surface area contributed by atoms with Crippen LogP contribution in [0.15, 0.2) is 38.6 Å². The standard InChI is InChI=1S/C22H25O15P/c1-11-6-19(25)35-15(11)7-30-20(26)14(4-5-18(23)24)10-38(29,31-8-16-12(2)33-21(27)36-16)32-9-17-13(3)34-22(28)37-17/h14H,4-10H2,1-3H3,(H,23,24). The number of carbonyl (C=O) groups is 3. The van der Waals surface area contributed by atoms with Crippen LogP contribution in [0.1, 0.15) is 49.2 Å². The van der Waals surface area contributed by atoms with Crippen LogP contribution in [-0.2, 0) is 50.7 Å². The number of cyclic esters (lactones) is 1. The van der Waals surface area contributed by atoms with E-state index in [2.05, 4.69) is 0 Å². The van der Waals surface area contributed by atoms with Gasteiger partial charge in [-0.25, -0.2) is 9.59 Å². The third kappa shape index (κ3) is 7.91. The van der Waals surface area contributed by atoms with Crippen molar-refractivity contribution < 1.29 is 60.2 Å². The van der Waals surface area contributed by atoms with E-state index in [1.165, 1.54) is 13.8 Å². The van der Waals surface area contributed by atoms with Crippen molar-refractivity contribution in [1.29, 1.82) is 0 Å². The molecule has 0 radical (unpaired) electrons. The molecule has 0 amide bonds. The van der Waals surface area contributed by atoms with Crippen LogP contribution in [0.3, 0.4) is 0 Å². The molecular formula is C22H25O15P. The molecule has 15 nitrogen and oxygen atoms in total. The lowest BCUT2D eigenvalue weighted by Crippen LogP contribution is -2.24. The van der Waals surface area contributed by atoms with Gasteiger partial charge in [-0.3, -0.25) is 18.9 Å². The fourth-order valence-electron chi connectivity index (χ4n) is 3.30. The summed E-state index contributed by atoms with van der Waals surface area (Å²) in [6.45, 7) is 2.90. The maximum Gasteiger partial charge on any atom is 0.519 e. The summed E-state index contributed by atoms with van der Waals surface area (Å²) in [6.07, 6.45) is -1.40. The second-order valence-corrected chi connectivity index (χ2v) is 10.4. The highest BCUT2D eigenvalue weighted by atomic mass is 31.2. The maximum atomic E-state index is 13.7. The minimum Gasteiger partial charge on any atom is -0.481 e. The lowest BCUT2D eigenvalue weighted by Gasteiger charge is -2.22. The molecule has 0 bridgehead atoms. The van der Waals surface area contributed by atoms with Crippen molar-refractivity contribution in [1.82, 2.24) is 0 Å². The number of ether oxygens (including phenoxy) is 2. The average molecular weight is 560 g/mol. The first-order valence-electron chi connectivity index (χ1n) is 11.2. The van der Waals surface area contributed by atoms with Crippen LogP contribution >= 0.6 is 7.60 Å². The Bertz CT molecular complexity index is 1320. The summed E-state index contributed by atoms with van der Waals surface area (Å²) in [5, 5.41) is 9.13. The van der Waals surface area contributed by atoms with E-state index in [0.717, 1.165) is 0 Å². The molecule has 0 saturated heterocycles. The van der Waals surface area contributed by atoms with E-state index in [1.54, 1.807) is 6.92 Å². The van der Waals surface area contributed by atoms with E-state index < -0.39 is 75.5 Å². The zero-order valence-corrected chi connectivity index (χ0v) is 21.5. The van der Waals surface area contributed by atoms with Crippen molar-refractivity contribution in [2.45, 2.75) is 53.2 Å². The quantitative estimate of drug-likeness (QED) is 0.260. The molecule has 0 fully saturated rings. The molecule has 1 aliphatic heterocycles. The molecule has 0 spiro atoms. The smallest absolute Gasteiger partial charge is 0.481 e. The molecule has 3 rings (SSSR count). The molecule has 2 aromatic heterocycles. The van der Waals surface area contributed by atoms with Gasteiger partial charge in [0.25, 0.3) is 0 Å². The molecule has 3 heterocycles. The van der Waals surface area contributed by atoms with Crippen LogP contribution in [0.5, 0.6) is 0 Å². The van der Waals surface area contributed by atoms with Crippen LogP contribution in [0.2, 0.25) is 0 Å². The van der Waals surface area contributed by atoms with Crippen molar-refractivity contribution in [3.05, 3.63) is 55.6 Å². The van der Waals surface area contributed by atoms with E-state index >= 15 is 0 Å². The number of rotatable bonds is 14. The van der Waals surface area contributed by atoms with Crippen molar-refractivity contribution in [2.75, 3.05) is 12.8 Å². The van der Waals surface area contributed by atoms with Gasteiger partial charge in [-0.1, -0.05) is 0 Å². The van der Waals surface area contributed by atoms with Gasteiger partial charge in [0.15, 0.2) is 11.5 Å². The lowest BCUT2D eigenvalue weighted by molar-refractivity contribution is -0.150. The van der Waals surface area contributed by atoms with Crippen LogP contribution < -0.4 is 11.6 Å². The Hall–Kier alpha value is -3.68. The highest BCUT2D eigenvalue weighted by molar-refractivity contribution is 7.53. The van der Waals surface area contributed by atoms with E-state index in [-0.39, 0.29) is 41.6 Å². The highest BCUT2D eigenvalue weighted by Gasteiger charge is 2.36. The predicted octanol–water partition coefficient (Wildman–Crippen LogP) is 2.57. The van der Waals surface area contributed by atoms with Gasteiger partial charge in [0.05, 0.1) is 18.5 Å². The number of carboxylic acid groups (broad SMARTS) is 1. The second-order valence-electron chi connectivity index (χ2n) is 8.30. The molecule has 0 aliphatic carbocycles. The highest BCUT2D eigenvalue weighted by Crippen LogP contribution is 2.52. The summed E-state index contributed by atoms with van der Waals surface area (Å²) in [6, 6.07) is 0. The van der Waals surface area contributed by atoms with E-state index in [0.29, 0.717) is 5.57 Å². The number of aryl methyl sites for hydroxylation is 2. The SMILES string of the molecule is CC1=C(COC(=O)C(CCC(=O)O)CP(=O)(OCc2oc(=O)oc2C)OCc2oc(=O)oc2C)OC(=O)C1. The van der Waals surface area contributed by atoms with Gasteiger partial charge in [-0.05, 0) is 32.8 Å². The molecule has 0 aromatic carbocycles. The number of aliphatic carboxylic acids is 1. The van der Waals surface area contributed by atoms with Gasteiger partial charge < -0.3 is 41.3 Å². The molecular weight excluding hydrogens is 535 g/mol. The first kappa shape index (κ1) is 28.9. The summed E-state index contributed by atoms with van der Waals surface area (Å²) < 4.78 is 53.9. The van der Waals surface area contributed by atoms with E-state index in [4.69, 9.17) is 41.3 Å². The second kappa shape index (κ2) is 12.2. The number of hydrogen-bond acceptors (Lipinski definition) is 14. The summed E-state index contributed by atoms with van der Waals surface area (Å²) in [5.41, 5.74) is 0.566. The summed E-state index contributed by atoms with van der Waals surface area (Å²) in [7, 11) is -4.31. The molecule has 38 heavy (non-hydrogen) atoms. The monoisotopic (exact) mass is 560 g/mol. The normalized spacial score (nSPS) is 14.6. The molecule has 16 heteroatoms. The van der Waals surface area contributed by atoms with Crippen molar-refractivity contribution in [3.63, 3.8) is 0 Å². The minimum atomic E-state index is -4.31. The zero-order valence-electron chi connectivity index (χ0n) is 20.6. The van der Waals surface area contributed by atoms with Gasteiger partial charge >= 0.3 is 37.1 Å². The summed E-state index contributed by atoms with van der Waals surface area (Å²) in [4.78, 5) is 58.2. The van der Waals surface area contributed by atoms with Gasteiger partial charge in [0, 0.05) is 6.42 Å². The maximum absolute atomic E-state index is 13.7. The number of carboxylic acids is 1. The summed E-state index contributed by atoms with van der Waals surface area (Å²) in [5.74, 6) is -5.97. The Balaban J connectivity index is 1.80. The van der Waals surface area contributed by atoms with Crippen LogP contribution in [0.25, 0.3) is 0 Å². The largest absolute Gasteiger partial charge is 0.519 e. The fourth-order valence-corrected chi connectivity index (χ4v) is 5.09. The van der Waals surface area contributed by atoms with Gasteiger partial charge in [-0.2, -0.15) is 0 Å². The molecule has 208 valence electrons. The average Bonchev–Trinajstić information content (AvgIpc) is 3.45. The Morgan fingerprint density at radius 1 is 0.921 bits per heavy atom. The number of carbonyl (C=O) groups excluding carboxylic acids is 2. The molecule has 2 aromatic rings. The van der Waals surface area contributed by atoms with E-state index in [1.807, 2.05) is 0 Å². The zero-order chi connectivity index (χ0) is 28.0. The Morgan fingerprint density at radius 3 is 1.89 bits per heavy atom. The predicted molar refractivity (Wildman–Crippen MR) is 121 cm³/mol. The first-order chi connectivity index (χ1) is 17.8. The van der Waals surface area contributed by atoms with Crippen molar-refractivity contribution in [2.24, 2.45) is 5.92 Å². The molecule has 1 atom stereocenters. The van der Waals surface area contributed by atoms with Crippen LogP contribution in [-0.4, -0.2) is 35.8 Å². The van der Waals surface area contributed by atoms with Crippen molar-refractivity contribution >= 4 is 25.5 Å². The summed E-state index contributed by atoms with van der Waals surface area (Å²) >= 11 is 0. The van der Waals surface area contributed by atoms with Crippen LogP contribution in [0.4, 0.5) is 0 Å². The fraction of sp³-hybridized carbons (Fsp3) is 0.500. The third-order valence-corrected chi connectivity index (χ3v) is 7.34. The number of esters is 2. The van der Waals surface area contributed by atoms with Gasteiger partial charge in [0.1, 0.15) is 37.1 Å². The minimum absolute atomic E-state index is 0.0410. The first-order valence-corrected chi connectivity index (χ1v) is 12.9. The third-order valence-electron chi connectivity index (χ3n) is 5.41. The van der Waals surface area contributed by atoms with Crippen LogP contribution in [0, 0.1) is 19.8 Å². The Labute approximate surface area is 213 Å².